The zero-order valence-electron chi connectivity index (χ0n) is 11.7. The van der Waals surface area contributed by atoms with Gasteiger partial charge in [-0.1, -0.05) is 36.8 Å². The van der Waals surface area contributed by atoms with Crippen molar-refractivity contribution in [3.05, 3.63) is 34.3 Å². The highest BCUT2D eigenvalue weighted by Gasteiger charge is 2.29. The maximum atomic E-state index is 12.1. The summed E-state index contributed by atoms with van der Waals surface area (Å²) < 4.78 is 0.971. The van der Waals surface area contributed by atoms with Crippen LogP contribution in [-0.4, -0.2) is 12.5 Å². The second-order valence-corrected chi connectivity index (χ2v) is 5.98. The molecule has 3 nitrogen and oxygen atoms in total. The summed E-state index contributed by atoms with van der Waals surface area (Å²) in [6.07, 6.45) is 3.96. The van der Waals surface area contributed by atoms with E-state index >= 15 is 0 Å². The zero-order valence-corrected chi connectivity index (χ0v) is 13.3. The molecule has 1 fully saturated rings. The Balaban J connectivity index is 2.11. The number of nitriles is 1. The molecule has 1 amide bonds. The van der Waals surface area contributed by atoms with Crippen LogP contribution < -0.4 is 5.32 Å². The van der Waals surface area contributed by atoms with Gasteiger partial charge in [-0.05, 0) is 40.9 Å². The maximum Gasteiger partial charge on any atom is 0.225 e. The maximum absolute atomic E-state index is 12.1. The highest BCUT2D eigenvalue weighted by atomic mass is 79.9. The largest absolute Gasteiger partial charge is 0.343 e. The Morgan fingerprint density at radius 3 is 2.86 bits per heavy atom. The lowest BCUT2D eigenvalue weighted by Crippen LogP contribution is -2.36. The van der Waals surface area contributed by atoms with E-state index in [-0.39, 0.29) is 24.3 Å². The molecule has 2 atom stereocenters. The van der Waals surface area contributed by atoms with E-state index in [4.69, 9.17) is 5.26 Å². The van der Waals surface area contributed by atoms with E-state index < -0.39 is 0 Å². The average molecular weight is 345 g/mol. The Morgan fingerprint density at radius 1 is 1.33 bits per heavy atom. The fourth-order valence-electron chi connectivity index (χ4n) is 2.61. The number of nitrogens with zero attached hydrogens (tertiary/aromatic N) is 1. The van der Waals surface area contributed by atoms with Crippen LogP contribution in [0, 0.1) is 35.0 Å². The van der Waals surface area contributed by atoms with Crippen LogP contribution in [0.2, 0.25) is 0 Å². The van der Waals surface area contributed by atoms with Crippen molar-refractivity contribution >= 4 is 21.8 Å². The predicted octanol–water partition coefficient (Wildman–Crippen LogP) is 3.25. The van der Waals surface area contributed by atoms with Crippen LogP contribution in [0.3, 0.4) is 0 Å². The standard InChI is InChI=1S/C17H17BrN2O/c18-16-8-4-2-6-14(16)10-9-13-5-1-3-7-15(13)17(21)20-12-11-19/h2,4,6,8,13,15H,1,3,5,7,12H2,(H,20,21). The van der Waals surface area contributed by atoms with Gasteiger partial charge in [0, 0.05) is 16.0 Å². The molecule has 0 aromatic heterocycles. The summed E-state index contributed by atoms with van der Waals surface area (Å²) in [4.78, 5) is 12.1. The van der Waals surface area contributed by atoms with Crippen molar-refractivity contribution in [3.63, 3.8) is 0 Å². The summed E-state index contributed by atoms with van der Waals surface area (Å²) in [6, 6.07) is 9.77. The fourth-order valence-corrected chi connectivity index (χ4v) is 2.99. The van der Waals surface area contributed by atoms with Gasteiger partial charge in [-0.15, -0.1) is 0 Å². The second kappa shape index (κ2) is 7.86. The molecule has 0 aliphatic heterocycles. The molecule has 1 saturated carbocycles. The van der Waals surface area contributed by atoms with Crippen molar-refractivity contribution in [3.8, 4) is 17.9 Å². The molecule has 2 rings (SSSR count). The average Bonchev–Trinajstić information content (AvgIpc) is 2.52. The molecule has 0 spiro atoms. The quantitative estimate of drug-likeness (QED) is 0.661. The van der Waals surface area contributed by atoms with Crippen molar-refractivity contribution in [2.24, 2.45) is 11.8 Å². The van der Waals surface area contributed by atoms with E-state index in [1.807, 2.05) is 30.3 Å². The molecule has 0 saturated heterocycles. The molecule has 2 unspecified atom stereocenters. The number of rotatable bonds is 2. The van der Waals surface area contributed by atoms with Gasteiger partial charge < -0.3 is 5.32 Å². The van der Waals surface area contributed by atoms with Crippen LogP contribution in [-0.2, 0) is 4.79 Å². The molecule has 1 aromatic rings. The molecule has 108 valence electrons. The zero-order chi connectivity index (χ0) is 15.1. The highest BCUT2D eigenvalue weighted by molar-refractivity contribution is 9.10. The SMILES string of the molecule is N#CCNC(=O)C1CCCCC1C#Cc1ccccc1Br. The fraction of sp³-hybridized carbons (Fsp3) is 0.412. The molecule has 0 radical (unpaired) electrons. The number of halogens is 1. The smallest absolute Gasteiger partial charge is 0.225 e. The van der Waals surface area contributed by atoms with Gasteiger partial charge in [-0.3, -0.25) is 4.79 Å². The summed E-state index contributed by atoms with van der Waals surface area (Å²) in [6.45, 7) is 0.0692. The van der Waals surface area contributed by atoms with Crippen LogP contribution in [0.15, 0.2) is 28.7 Å². The highest BCUT2D eigenvalue weighted by Crippen LogP contribution is 2.30. The Labute approximate surface area is 133 Å². The third-order valence-corrected chi connectivity index (χ3v) is 4.40. The first kappa shape index (κ1) is 15.6. The second-order valence-electron chi connectivity index (χ2n) is 5.12. The number of nitrogens with one attached hydrogen (secondary N) is 1. The van der Waals surface area contributed by atoms with Crippen LogP contribution in [0.25, 0.3) is 0 Å². The Kier molecular flexibility index (Phi) is 5.84. The lowest BCUT2D eigenvalue weighted by atomic mass is 9.79. The summed E-state index contributed by atoms with van der Waals surface area (Å²) in [5, 5.41) is 11.2. The van der Waals surface area contributed by atoms with Crippen molar-refractivity contribution in [2.45, 2.75) is 25.7 Å². The van der Waals surface area contributed by atoms with Crippen molar-refractivity contribution in [1.29, 1.82) is 5.26 Å². The molecule has 1 aliphatic carbocycles. The monoisotopic (exact) mass is 344 g/mol. The van der Waals surface area contributed by atoms with E-state index in [1.165, 1.54) is 0 Å². The number of hydrogen-bond donors (Lipinski definition) is 1. The first-order valence-corrected chi connectivity index (χ1v) is 7.92. The minimum absolute atomic E-state index is 0.0392. The molecule has 1 aliphatic rings. The molecular weight excluding hydrogens is 328 g/mol. The normalized spacial score (nSPS) is 20.8. The first-order valence-electron chi connectivity index (χ1n) is 7.13. The lowest BCUT2D eigenvalue weighted by molar-refractivity contribution is -0.126. The Morgan fingerprint density at radius 2 is 2.10 bits per heavy atom. The van der Waals surface area contributed by atoms with Gasteiger partial charge in [0.25, 0.3) is 0 Å². The van der Waals surface area contributed by atoms with Gasteiger partial charge in [0.05, 0.1) is 12.0 Å². The molecular formula is C17H17BrN2O. The third-order valence-electron chi connectivity index (χ3n) is 3.71. The predicted molar refractivity (Wildman–Crippen MR) is 85.1 cm³/mol. The number of carbonyl (C=O) groups excluding carboxylic acids is 1. The van der Waals surface area contributed by atoms with E-state index in [0.717, 1.165) is 35.7 Å². The summed E-state index contributed by atoms with van der Waals surface area (Å²) >= 11 is 3.48. The molecule has 0 bridgehead atoms. The van der Waals surface area contributed by atoms with Gasteiger partial charge >= 0.3 is 0 Å². The Hall–Kier alpha value is -1.78. The van der Waals surface area contributed by atoms with Gasteiger partial charge in [0.15, 0.2) is 0 Å². The third kappa shape index (κ3) is 4.34. The minimum Gasteiger partial charge on any atom is -0.343 e. The van der Waals surface area contributed by atoms with Crippen LogP contribution in [0.4, 0.5) is 0 Å². The van der Waals surface area contributed by atoms with Gasteiger partial charge in [0.1, 0.15) is 6.54 Å². The first-order chi connectivity index (χ1) is 10.2. The number of amides is 1. The molecule has 0 heterocycles. The summed E-state index contributed by atoms with van der Waals surface area (Å²) in [7, 11) is 0. The number of hydrogen-bond acceptors (Lipinski definition) is 2. The summed E-state index contributed by atoms with van der Waals surface area (Å²) in [5.41, 5.74) is 0.944. The number of carbonyl (C=O) groups is 1. The van der Waals surface area contributed by atoms with E-state index in [1.54, 1.807) is 0 Å². The molecule has 1 aromatic carbocycles. The summed E-state index contributed by atoms with van der Waals surface area (Å²) in [5.74, 6) is 6.38. The Bertz CT molecular complexity index is 609. The van der Waals surface area contributed by atoms with Crippen molar-refractivity contribution < 1.29 is 4.79 Å². The van der Waals surface area contributed by atoms with Crippen LogP contribution >= 0.6 is 15.9 Å². The van der Waals surface area contributed by atoms with Crippen LogP contribution in [0.1, 0.15) is 31.2 Å². The van der Waals surface area contributed by atoms with Gasteiger partial charge in [-0.2, -0.15) is 5.26 Å². The number of benzene rings is 1. The van der Waals surface area contributed by atoms with Gasteiger partial charge in [0.2, 0.25) is 5.91 Å². The van der Waals surface area contributed by atoms with E-state index in [9.17, 15) is 4.79 Å². The topological polar surface area (TPSA) is 52.9 Å². The van der Waals surface area contributed by atoms with Gasteiger partial charge in [-0.25, -0.2) is 0 Å². The minimum atomic E-state index is -0.0953. The van der Waals surface area contributed by atoms with Crippen molar-refractivity contribution in [2.75, 3.05) is 6.54 Å². The van der Waals surface area contributed by atoms with E-state index in [2.05, 4.69) is 33.1 Å². The molecule has 4 heteroatoms. The van der Waals surface area contributed by atoms with Crippen molar-refractivity contribution in [1.82, 2.24) is 5.32 Å². The molecule has 21 heavy (non-hydrogen) atoms. The van der Waals surface area contributed by atoms with E-state index in [0.29, 0.717) is 0 Å². The lowest BCUT2D eigenvalue weighted by Gasteiger charge is -2.26. The molecule has 1 N–H and O–H groups in total. The van der Waals surface area contributed by atoms with Crippen LogP contribution in [0.5, 0.6) is 0 Å².